The Bertz CT molecular complexity index is 3680. The number of sulfonamides is 2. The summed E-state index contributed by atoms with van der Waals surface area (Å²) in [6.45, 7) is 23.6. The summed E-state index contributed by atoms with van der Waals surface area (Å²) in [6.07, 6.45) is 19.7. The van der Waals surface area contributed by atoms with Gasteiger partial charge in [-0.25, -0.2) is 55.8 Å². The van der Waals surface area contributed by atoms with Crippen LogP contribution in [0.3, 0.4) is 0 Å². The number of halogens is 1. The van der Waals surface area contributed by atoms with E-state index in [1.807, 2.05) is 87.3 Å². The summed E-state index contributed by atoms with van der Waals surface area (Å²) < 4.78 is 73.7. The molecule has 5 aromatic heterocycles. The van der Waals surface area contributed by atoms with Gasteiger partial charge in [-0.2, -0.15) is 0 Å². The second-order valence-corrected chi connectivity index (χ2v) is 29.6. The number of nitrogens with zero attached hydrogens (tertiary/aromatic N) is 9. The highest BCUT2D eigenvalue weighted by Gasteiger charge is 2.30. The van der Waals surface area contributed by atoms with Crippen LogP contribution in [0, 0.1) is 10.1 Å². The summed E-state index contributed by atoms with van der Waals surface area (Å²) in [6, 6.07) is 11.8. The number of anilines is 3. The van der Waals surface area contributed by atoms with Crippen molar-refractivity contribution >= 4 is 94.0 Å². The number of hydrogen-bond donors (Lipinski definition) is 6. The van der Waals surface area contributed by atoms with Crippen molar-refractivity contribution < 1.29 is 40.8 Å². The molecule has 2 saturated carbocycles. The van der Waals surface area contributed by atoms with Crippen LogP contribution in [-0.4, -0.2) is 110 Å². The number of carbonyl (C=O) groups excluding carboxylic acids is 2. The fourth-order valence-electron chi connectivity index (χ4n) is 9.65. The van der Waals surface area contributed by atoms with Gasteiger partial charge in [0.05, 0.1) is 54.4 Å². The van der Waals surface area contributed by atoms with Gasteiger partial charge in [-0.15, -0.1) is 22.7 Å². The smallest absolute Gasteiger partial charge is 0.407 e. The van der Waals surface area contributed by atoms with Crippen molar-refractivity contribution in [3.63, 3.8) is 0 Å². The van der Waals surface area contributed by atoms with E-state index >= 15 is 0 Å². The number of imidazole rings is 3. The molecular formula is C60H86BrN15O10S4. The molecule has 9 rings (SSSR count). The number of thiazole rings is 2. The van der Waals surface area contributed by atoms with E-state index in [-0.39, 0.29) is 76.6 Å². The topological polar surface area (TPSA) is 329 Å². The maximum Gasteiger partial charge on any atom is 0.407 e. The first kappa shape index (κ1) is 72.2. The zero-order valence-corrected chi connectivity index (χ0v) is 57.9. The van der Waals surface area contributed by atoms with E-state index < -0.39 is 25.0 Å². The molecule has 0 aliphatic heterocycles. The van der Waals surface area contributed by atoms with E-state index in [9.17, 15) is 36.5 Å². The van der Waals surface area contributed by atoms with Gasteiger partial charge in [0.2, 0.25) is 26.4 Å². The molecule has 5 heterocycles. The number of nitrogen functional groups attached to an aromatic ring is 1. The van der Waals surface area contributed by atoms with Gasteiger partial charge in [0.1, 0.15) is 17.8 Å². The van der Waals surface area contributed by atoms with E-state index in [4.69, 9.17) is 15.2 Å². The molecule has 492 valence electrons. The Kier molecular flexibility index (Phi) is 26.9. The summed E-state index contributed by atoms with van der Waals surface area (Å²) in [4.78, 5) is 56.7. The van der Waals surface area contributed by atoms with Gasteiger partial charge >= 0.3 is 18.0 Å². The predicted octanol–water partition coefficient (Wildman–Crippen LogP) is 13.2. The van der Waals surface area contributed by atoms with Crippen LogP contribution in [-0.2, 0) is 29.5 Å². The molecule has 30 heteroatoms. The van der Waals surface area contributed by atoms with Gasteiger partial charge in [0, 0.05) is 101 Å². The molecule has 7 aromatic rings. The molecule has 0 atom stereocenters. The van der Waals surface area contributed by atoms with E-state index in [2.05, 4.69) is 93.9 Å². The monoisotopic (exact) mass is 1380 g/mol. The Morgan fingerprint density at radius 3 is 1.46 bits per heavy atom. The van der Waals surface area contributed by atoms with Gasteiger partial charge in [0.25, 0.3) is 0 Å². The van der Waals surface area contributed by atoms with Crippen molar-refractivity contribution in [2.75, 3.05) is 24.1 Å². The molecule has 2 fully saturated rings. The van der Waals surface area contributed by atoms with Crippen LogP contribution in [0.5, 0.6) is 0 Å². The van der Waals surface area contributed by atoms with Gasteiger partial charge in [0.15, 0.2) is 0 Å². The first-order chi connectivity index (χ1) is 42.5. The number of rotatable bonds is 20. The lowest BCUT2D eigenvalue weighted by Gasteiger charge is -2.28. The second-order valence-electron chi connectivity index (χ2n) is 23.1. The zero-order valence-electron chi connectivity index (χ0n) is 53.0. The van der Waals surface area contributed by atoms with Gasteiger partial charge < -0.3 is 55.0 Å². The number of nitro groups is 1. The molecule has 2 aliphatic rings. The number of carbonyl (C=O) groups is 2. The standard InChI is InChI=1S/C27H38N6O4S2.C21H28BrN3O4S2.C6H9N3O2.C6H11N3/c1-6-30-39(35,36)24-13-21(31-25-15-33(16-29-25)17(2)3)11-12-22(24)23-14-28-26(38-23)19-7-9-20(10-8-19)32-27(34)37-18(4)5;1-4-24-31(27,28)19-11-15(22)7-10-17(19)18-12-23-20(30-18)14-5-8-16(9-6-14)25-21(26)29-13(2)3;1-5(2)8-3-6(7-4-8)9(10)11;1-5(2)9-3-6(7)8-4-9/h11-20,30-31H,6-10H2,1-5H3,(H,32,34);7,10-14,16,24H,4-6,8-9H2,1-3H3,(H,25,26);3-5H,1-2H3;3-5H,7H2,1-2H3. The van der Waals surface area contributed by atoms with Crippen molar-refractivity contribution in [1.82, 2.24) is 58.7 Å². The molecule has 0 radical (unpaired) electrons. The van der Waals surface area contributed by atoms with Crippen LogP contribution in [0.15, 0.2) is 101 Å². The predicted molar refractivity (Wildman–Crippen MR) is 356 cm³/mol. The minimum atomic E-state index is -3.74. The van der Waals surface area contributed by atoms with Gasteiger partial charge in [-0.1, -0.05) is 41.9 Å². The quantitative estimate of drug-likeness (QED) is 0.0305. The Morgan fingerprint density at radius 1 is 0.633 bits per heavy atom. The Balaban J connectivity index is 0.000000222. The number of nitrogens with one attached hydrogen (secondary N) is 5. The highest BCUT2D eigenvalue weighted by Crippen LogP contribution is 2.42. The molecule has 2 aliphatic carbocycles. The Labute approximate surface area is 544 Å². The number of alkyl carbamates (subject to hydrolysis) is 2. The zero-order chi connectivity index (χ0) is 66.0. The van der Waals surface area contributed by atoms with E-state index in [0.29, 0.717) is 51.4 Å². The molecular weight excluding hydrogens is 1300 g/mol. The van der Waals surface area contributed by atoms with Crippen LogP contribution >= 0.6 is 38.6 Å². The fraction of sp³-hybridized carbons (Fsp3) is 0.517. The van der Waals surface area contributed by atoms with E-state index in [0.717, 1.165) is 71.1 Å². The minimum absolute atomic E-state index is 0.0933. The summed E-state index contributed by atoms with van der Waals surface area (Å²) in [5.41, 5.74) is 7.29. The lowest BCUT2D eigenvalue weighted by atomic mass is 9.86. The molecule has 0 unspecified atom stereocenters. The summed E-state index contributed by atoms with van der Waals surface area (Å²) >= 11 is 6.44. The number of nitrogens with two attached hydrogens (primary N) is 1. The maximum atomic E-state index is 13.2. The molecule has 0 spiro atoms. The van der Waals surface area contributed by atoms with E-state index in [1.54, 1.807) is 55.6 Å². The summed E-state index contributed by atoms with van der Waals surface area (Å²) in [7, 11) is -7.35. The van der Waals surface area contributed by atoms with E-state index in [1.165, 1.54) is 35.2 Å². The number of hydrogen-bond acceptors (Lipinski definition) is 19. The van der Waals surface area contributed by atoms with Crippen LogP contribution in [0.4, 0.5) is 32.7 Å². The third kappa shape index (κ3) is 21.4. The number of benzene rings is 2. The molecule has 90 heavy (non-hydrogen) atoms. The lowest BCUT2D eigenvalue weighted by Crippen LogP contribution is -2.38. The second kappa shape index (κ2) is 33.5. The van der Waals surface area contributed by atoms with Crippen molar-refractivity contribution in [3.05, 3.63) is 111 Å². The number of ether oxygens (including phenoxy) is 2. The fourth-order valence-corrected chi connectivity index (χ4v) is 15.1. The highest BCUT2D eigenvalue weighted by molar-refractivity contribution is 9.10. The molecule has 2 aromatic carbocycles. The summed E-state index contributed by atoms with van der Waals surface area (Å²) in [5.74, 6) is 1.71. The molecule has 7 N–H and O–H groups in total. The van der Waals surface area contributed by atoms with Crippen LogP contribution in [0.1, 0.15) is 174 Å². The average Bonchev–Trinajstić information content (AvgIpc) is 1.64. The van der Waals surface area contributed by atoms with Crippen LogP contribution < -0.4 is 31.1 Å². The van der Waals surface area contributed by atoms with Crippen molar-refractivity contribution in [1.29, 1.82) is 0 Å². The average molecular weight is 1390 g/mol. The third-order valence-electron chi connectivity index (χ3n) is 14.3. The molecule has 25 nitrogen and oxygen atoms in total. The molecule has 2 amide bonds. The van der Waals surface area contributed by atoms with Crippen molar-refractivity contribution in [2.45, 2.75) is 198 Å². The third-order valence-corrected chi connectivity index (χ3v) is 20.3. The first-order valence-corrected chi connectivity index (χ1v) is 35.5. The first-order valence-electron chi connectivity index (χ1n) is 30.1. The normalized spacial score (nSPS) is 16.8. The summed E-state index contributed by atoms with van der Waals surface area (Å²) in [5, 5.41) is 21.3. The van der Waals surface area contributed by atoms with Gasteiger partial charge in [-0.05, 0) is 155 Å². The Hall–Kier alpha value is -6.83. The Morgan fingerprint density at radius 2 is 1.07 bits per heavy atom. The largest absolute Gasteiger partial charge is 0.447 e. The van der Waals surface area contributed by atoms with Crippen molar-refractivity contribution in [3.8, 4) is 20.9 Å². The van der Waals surface area contributed by atoms with Crippen LogP contribution in [0.25, 0.3) is 20.9 Å². The van der Waals surface area contributed by atoms with Crippen LogP contribution in [0.2, 0.25) is 0 Å². The van der Waals surface area contributed by atoms with Crippen molar-refractivity contribution in [2.24, 2.45) is 0 Å². The SMILES string of the molecule is CC(C)n1cnc(N)c1.CC(C)n1cnc([N+](=O)[O-])c1.CCNS(=O)(=O)c1cc(Br)ccc1-c1cnc(C2CCC(NC(=O)OC(C)C)CC2)s1.CCNS(=O)(=O)c1cc(Nc2cn(C(C)C)cn2)ccc1-c1cnc(C2CCC(NC(=O)OC(C)C)CC2)s1. The minimum Gasteiger partial charge on any atom is -0.447 e. The molecule has 0 saturated heterocycles. The highest BCUT2D eigenvalue weighted by atomic mass is 79.9. The molecule has 0 bridgehead atoms. The number of aromatic nitrogens is 8. The lowest BCUT2D eigenvalue weighted by molar-refractivity contribution is -0.389. The maximum absolute atomic E-state index is 13.2. The van der Waals surface area contributed by atoms with Gasteiger partial charge in [-0.3, -0.25) is 0 Å². The number of amides is 2.